The van der Waals surface area contributed by atoms with Crippen LogP contribution in [0.2, 0.25) is 5.02 Å². The number of allylic oxidation sites excluding steroid dienone is 2. The molecular weight excluding hydrogens is 381 g/mol. The monoisotopic (exact) mass is 399 g/mol. The largest absolute Gasteiger partial charge is 0.336 e. The van der Waals surface area contributed by atoms with E-state index in [1.165, 1.54) is 12.1 Å². The predicted octanol–water partition coefficient (Wildman–Crippen LogP) is 2.75. The van der Waals surface area contributed by atoms with Crippen LogP contribution in [0, 0.1) is 17.1 Å². The van der Waals surface area contributed by atoms with E-state index in [9.17, 15) is 14.4 Å². The molecule has 1 saturated heterocycles. The molecule has 1 aromatic rings. The van der Waals surface area contributed by atoms with Gasteiger partial charge in [-0.3, -0.25) is 10.2 Å². The first-order valence-corrected chi connectivity index (χ1v) is 9.57. The minimum absolute atomic E-state index is 0.0421. The van der Waals surface area contributed by atoms with E-state index in [1.807, 2.05) is 6.08 Å². The van der Waals surface area contributed by atoms with Crippen LogP contribution in [0.3, 0.4) is 0 Å². The Kier molecular flexibility index (Phi) is 5.05. The van der Waals surface area contributed by atoms with Gasteiger partial charge in [-0.05, 0) is 48.6 Å². The van der Waals surface area contributed by atoms with Crippen LogP contribution in [0.5, 0.6) is 0 Å². The van der Waals surface area contributed by atoms with Gasteiger partial charge in [-0.2, -0.15) is 10.4 Å². The third-order valence-electron chi connectivity index (χ3n) is 5.31. The second-order valence-electron chi connectivity index (χ2n) is 7.11. The lowest BCUT2D eigenvalue weighted by molar-refractivity contribution is -0.125. The van der Waals surface area contributed by atoms with Gasteiger partial charge in [0.25, 0.3) is 5.91 Å². The smallest absolute Gasteiger partial charge is 0.291 e. The summed E-state index contributed by atoms with van der Waals surface area (Å²) in [5.74, 6) is -0.0689. The van der Waals surface area contributed by atoms with Crippen LogP contribution < -0.4 is 5.43 Å². The zero-order valence-corrected chi connectivity index (χ0v) is 15.9. The second-order valence-corrected chi connectivity index (χ2v) is 7.52. The number of nitrogens with one attached hydrogen (secondary N) is 1. The Hall–Kier alpha value is -2.85. The number of rotatable bonds is 2. The van der Waals surface area contributed by atoms with Crippen molar-refractivity contribution in [2.24, 2.45) is 5.10 Å². The minimum atomic E-state index is -0.301. The number of likely N-dealkylation sites (tertiary alicyclic amines) is 1. The number of benzene rings is 1. The SMILES string of the molecule is N#CC1=CN2CC(C=C1)NN=C2C(=O)N1CCC(c2cc(F)ccc2Cl)CC1. The summed E-state index contributed by atoms with van der Waals surface area (Å²) in [6.45, 7) is 1.63. The summed E-state index contributed by atoms with van der Waals surface area (Å²) in [4.78, 5) is 16.5. The van der Waals surface area contributed by atoms with E-state index in [2.05, 4.69) is 16.6 Å². The highest BCUT2D eigenvalue weighted by atomic mass is 35.5. The number of carbonyl (C=O) groups excluding carboxylic acids is 1. The van der Waals surface area contributed by atoms with Gasteiger partial charge in [-0.25, -0.2) is 4.39 Å². The molecule has 3 aliphatic rings. The van der Waals surface area contributed by atoms with Crippen molar-refractivity contribution in [2.75, 3.05) is 19.6 Å². The standard InChI is InChI=1S/C20H19ClFN5O/c21-18-4-2-15(22)9-17(18)14-5-7-26(8-6-14)20(28)19-25-24-16-3-1-13(10-23)11-27(19)12-16/h1-4,9,11,14,16,24H,5-8,12H2. The van der Waals surface area contributed by atoms with Crippen LogP contribution in [-0.4, -0.2) is 47.2 Å². The van der Waals surface area contributed by atoms with Gasteiger partial charge in [-0.15, -0.1) is 0 Å². The molecule has 3 aliphatic heterocycles. The lowest BCUT2D eigenvalue weighted by atomic mass is 9.89. The number of halogens is 2. The van der Waals surface area contributed by atoms with Gasteiger partial charge < -0.3 is 9.80 Å². The van der Waals surface area contributed by atoms with Gasteiger partial charge in [-0.1, -0.05) is 17.7 Å². The van der Waals surface area contributed by atoms with Crippen molar-refractivity contribution < 1.29 is 9.18 Å². The van der Waals surface area contributed by atoms with Crippen molar-refractivity contribution in [3.8, 4) is 6.07 Å². The zero-order chi connectivity index (χ0) is 19.7. The van der Waals surface area contributed by atoms with E-state index in [0.29, 0.717) is 43.1 Å². The molecule has 0 aliphatic carbocycles. The molecule has 1 aromatic carbocycles. The normalized spacial score (nSPS) is 22.0. The fraction of sp³-hybridized carbons (Fsp3) is 0.350. The predicted molar refractivity (Wildman–Crippen MR) is 104 cm³/mol. The summed E-state index contributed by atoms with van der Waals surface area (Å²) >= 11 is 6.23. The number of amidine groups is 1. The molecule has 1 unspecified atom stereocenters. The van der Waals surface area contributed by atoms with Crippen molar-refractivity contribution in [1.29, 1.82) is 5.26 Å². The van der Waals surface area contributed by atoms with Gasteiger partial charge in [0.2, 0.25) is 5.84 Å². The van der Waals surface area contributed by atoms with E-state index < -0.39 is 0 Å². The molecule has 28 heavy (non-hydrogen) atoms. The molecule has 1 amide bonds. The zero-order valence-electron chi connectivity index (χ0n) is 15.1. The molecule has 1 fully saturated rings. The molecule has 2 bridgehead atoms. The van der Waals surface area contributed by atoms with Crippen LogP contribution >= 0.6 is 11.6 Å². The maximum atomic E-state index is 13.6. The fourth-order valence-electron chi connectivity index (χ4n) is 3.80. The van der Waals surface area contributed by atoms with E-state index in [0.717, 1.165) is 5.56 Å². The summed E-state index contributed by atoms with van der Waals surface area (Å²) in [5, 5.41) is 14.0. The number of amides is 1. The first-order chi connectivity index (χ1) is 13.5. The second kappa shape index (κ2) is 7.64. The molecule has 4 rings (SSSR count). The minimum Gasteiger partial charge on any atom is -0.336 e. The maximum absolute atomic E-state index is 13.6. The highest BCUT2D eigenvalue weighted by molar-refractivity contribution is 6.38. The summed E-state index contributed by atoms with van der Waals surface area (Å²) < 4.78 is 13.6. The Morgan fingerprint density at radius 2 is 2.14 bits per heavy atom. The van der Waals surface area contributed by atoms with Crippen LogP contribution in [0.1, 0.15) is 24.3 Å². The van der Waals surface area contributed by atoms with Gasteiger partial charge >= 0.3 is 0 Å². The Labute approximate surface area is 167 Å². The first-order valence-electron chi connectivity index (χ1n) is 9.19. The maximum Gasteiger partial charge on any atom is 0.291 e. The molecule has 6 nitrogen and oxygen atoms in total. The number of fused-ring (bicyclic) bond motifs is 2. The molecule has 0 radical (unpaired) electrons. The van der Waals surface area contributed by atoms with Crippen molar-refractivity contribution >= 4 is 23.3 Å². The number of carbonyl (C=O) groups is 1. The Morgan fingerprint density at radius 3 is 2.89 bits per heavy atom. The van der Waals surface area contributed by atoms with E-state index in [-0.39, 0.29) is 29.5 Å². The molecule has 144 valence electrons. The van der Waals surface area contributed by atoms with E-state index >= 15 is 0 Å². The van der Waals surface area contributed by atoms with Gasteiger partial charge in [0.05, 0.1) is 11.6 Å². The number of hydrogen-bond acceptors (Lipinski definition) is 5. The van der Waals surface area contributed by atoms with Gasteiger partial charge in [0.1, 0.15) is 11.9 Å². The number of nitrogens with zero attached hydrogens (tertiary/aromatic N) is 4. The topological polar surface area (TPSA) is 71.7 Å². The fourth-order valence-corrected chi connectivity index (χ4v) is 4.07. The third kappa shape index (κ3) is 3.60. The molecular formula is C20H19ClFN5O. The quantitative estimate of drug-likeness (QED) is 0.830. The Morgan fingerprint density at radius 1 is 1.36 bits per heavy atom. The molecule has 3 heterocycles. The van der Waals surface area contributed by atoms with Crippen LogP contribution in [0.15, 0.2) is 47.2 Å². The van der Waals surface area contributed by atoms with Gasteiger partial charge in [0, 0.05) is 30.9 Å². The number of piperidine rings is 1. The van der Waals surface area contributed by atoms with Crippen molar-refractivity contribution in [2.45, 2.75) is 24.8 Å². The number of hydrogen-bond donors (Lipinski definition) is 1. The molecule has 1 atom stereocenters. The number of hydrazone groups is 1. The lowest BCUT2D eigenvalue weighted by Gasteiger charge is -2.36. The molecule has 8 heteroatoms. The Balaban J connectivity index is 1.46. The summed E-state index contributed by atoms with van der Waals surface area (Å²) in [6, 6.07) is 6.48. The summed E-state index contributed by atoms with van der Waals surface area (Å²) in [5.41, 5.74) is 4.24. The lowest BCUT2D eigenvalue weighted by Crippen LogP contribution is -2.52. The molecule has 1 N–H and O–H groups in total. The Bertz CT molecular complexity index is 927. The van der Waals surface area contributed by atoms with E-state index in [4.69, 9.17) is 11.6 Å². The summed E-state index contributed by atoms with van der Waals surface area (Å²) in [6.07, 6.45) is 6.67. The van der Waals surface area contributed by atoms with E-state index in [1.54, 1.807) is 28.1 Å². The first kappa shape index (κ1) is 18.5. The highest BCUT2D eigenvalue weighted by Crippen LogP contribution is 2.33. The molecule has 0 spiro atoms. The third-order valence-corrected chi connectivity index (χ3v) is 5.65. The molecule has 0 saturated carbocycles. The average molecular weight is 400 g/mol. The van der Waals surface area contributed by atoms with Gasteiger partial charge in [0.15, 0.2) is 0 Å². The van der Waals surface area contributed by atoms with Crippen molar-refractivity contribution in [1.82, 2.24) is 15.2 Å². The van der Waals surface area contributed by atoms with Crippen LogP contribution in [0.25, 0.3) is 0 Å². The van der Waals surface area contributed by atoms with Crippen molar-refractivity contribution in [3.05, 3.63) is 58.5 Å². The highest BCUT2D eigenvalue weighted by Gasteiger charge is 2.32. The van der Waals surface area contributed by atoms with Crippen LogP contribution in [0.4, 0.5) is 4.39 Å². The van der Waals surface area contributed by atoms with Crippen molar-refractivity contribution in [3.63, 3.8) is 0 Å². The van der Waals surface area contributed by atoms with Crippen LogP contribution in [-0.2, 0) is 4.79 Å². The number of nitriles is 1. The summed E-state index contributed by atoms with van der Waals surface area (Å²) in [7, 11) is 0. The average Bonchev–Trinajstić information content (AvgIpc) is 2.88. The molecule has 0 aromatic heterocycles.